The number of amides is 1. The van der Waals surface area contributed by atoms with Gasteiger partial charge in [0.1, 0.15) is 0 Å². The van der Waals surface area contributed by atoms with Crippen molar-refractivity contribution in [1.29, 1.82) is 5.26 Å². The first-order valence-corrected chi connectivity index (χ1v) is 8.57. The first kappa shape index (κ1) is 19.3. The summed E-state index contributed by atoms with van der Waals surface area (Å²) in [6, 6.07) is 9.92. The molecule has 0 radical (unpaired) electrons. The number of fused-ring (bicyclic) bond motifs is 1. The number of ether oxygens (including phenoxy) is 1. The van der Waals surface area contributed by atoms with Crippen LogP contribution in [0.25, 0.3) is 17.0 Å². The van der Waals surface area contributed by atoms with E-state index in [0.29, 0.717) is 25.4 Å². The zero-order valence-electron chi connectivity index (χ0n) is 15.1. The second-order valence-corrected chi connectivity index (χ2v) is 6.34. The van der Waals surface area contributed by atoms with E-state index in [1.165, 1.54) is 6.08 Å². The smallest absolute Gasteiger partial charge is 0.331 e. The number of nitriles is 1. The SMILES string of the molecule is CC(C)CNC(=O)COC(=O)/C=C/c1cn(CCC#N)c2ccccc12. The molecule has 0 saturated carbocycles. The third kappa shape index (κ3) is 5.49. The fourth-order valence-electron chi connectivity index (χ4n) is 2.48. The highest BCUT2D eigenvalue weighted by atomic mass is 16.5. The Morgan fingerprint density at radius 1 is 1.35 bits per heavy atom. The summed E-state index contributed by atoms with van der Waals surface area (Å²) in [6.45, 7) is 4.82. The van der Waals surface area contributed by atoms with Crippen LogP contribution in [0.5, 0.6) is 0 Å². The minimum atomic E-state index is -0.571. The predicted octanol–water partition coefficient (Wildman–Crippen LogP) is 2.88. The maximum atomic E-state index is 11.8. The molecule has 0 aliphatic carbocycles. The molecule has 1 aromatic carbocycles. The monoisotopic (exact) mass is 353 g/mol. The fraction of sp³-hybridized carbons (Fsp3) is 0.350. The van der Waals surface area contributed by atoms with E-state index in [1.807, 2.05) is 48.9 Å². The normalized spacial score (nSPS) is 11.0. The lowest BCUT2D eigenvalue weighted by molar-refractivity contribution is -0.143. The van der Waals surface area contributed by atoms with Gasteiger partial charge in [0.2, 0.25) is 0 Å². The number of carbonyl (C=O) groups is 2. The van der Waals surface area contributed by atoms with Crippen LogP contribution < -0.4 is 5.32 Å². The van der Waals surface area contributed by atoms with Gasteiger partial charge in [-0.3, -0.25) is 4.79 Å². The van der Waals surface area contributed by atoms with E-state index in [1.54, 1.807) is 6.08 Å². The number of esters is 1. The number of nitrogens with one attached hydrogen (secondary N) is 1. The van der Waals surface area contributed by atoms with Crippen molar-refractivity contribution in [3.8, 4) is 6.07 Å². The Balaban J connectivity index is 2.00. The molecule has 1 aromatic heterocycles. The summed E-state index contributed by atoms with van der Waals surface area (Å²) in [4.78, 5) is 23.4. The van der Waals surface area contributed by atoms with E-state index in [9.17, 15) is 9.59 Å². The summed E-state index contributed by atoms with van der Waals surface area (Å²) >= 11 is 0. The zero-order chi connectivity index (χ0) is 18.9. The van der Waals surface area contributed by atoms with Crippen molar-refractivity contribution in [2.45, 2.75) is 26.8 Å². The molecule has 1 N–H and O–H groups in total. The Kier molecular flexibility index (Phi) is 6.98. The van der Waals surface area contributed by atoms with Gasteiger partial charge < -0.3 is 14.6 Å². The van der Waals surface area contributed by atoms with Gasteiger partial charge in [0, 0.05) is 41.8 Å². The number of aryl methyl sites for hydroxylation is 1. The van der Waals surface area contributed by atoms with Gasteiger partial charge in [-0.2, -0.15) is 5.26 Å². The maximum Gasteiger partial charge on any atom is 0.331 e. The molecule has 136 valence electrons. The molecule has 2 rings (SSSR count). The molecule has 0 bridgehead atoms. The van der Waals surface area contributed by atoms with Crippen LogP contribution in [-0.2, 0) is 20.9 Å². The zero-order valence-corrected chi connectivity index (χ0v) is 15.1. The third-order valence-electron chi connectivity index (χ3n) is 3.74. The third-order valence-corrected chi connectivity index (χ3v) is 3.74. The van der Waals surface area contributed by atoms with Crippen LogP contribution in [0.1, 0.15) is 25.8 Å². The van der Waals surface area contributed by atoms with Crippen molar-refractivity contribution in [2.75, 3.05) is 13.2 Å². The lowest BCUT2D eigenvalue weighted by Gasteiger charge is -2.07. The molecule has 0 atom stereocenters. The first-order chi connectivity index (χ1) is 12.5. The van der Waals surface area contributed by atoms with Crippen LogP contribution in [0.15, 0.2) is 36.5 Å². The summed E-state index contributed by atoms with van der Waals surface area (Å²) < 4.78 is 6.94. The number of hydrogen-bond donors (Lipinski definition) is 1. The molecular formula is C20H23N3O3. The highest BCUT2D eigenvalue weighted by molar-refractivity contribution is 5.95. The fourth-order valence-corrected chi connectivity index (χ4v) is 2.48. The molecule has 1 amide bonds. The van der Waals surface area contributed by atoms with Gasteiger partial charge in [-0.15, -0.1) is 0 Å². The molecule has 0 aliphatic rings. The van der Waals surface area contributed by atoms with Crippen molar-refractivity contribution < 1.29 is 14.3 Å². The molecule has 0 spiro atoms. The highest BCUT2D eigenvalue weighted by Crippen LogP contribution is 2.22. The number of benzene rings is 1. The molecule has 0 unspecified atom stereocenters. The molecule has 0 aliphatic heterocycles. The Bertz CT molecular complexity index is 844. The number of carbonyl (C=O) groups excluding carboxylic acids is 2. The lowest BCUT2D eigenvalue weighted by atomic mass is 10.1. The molecular weight excluding hydrogens is 330 g/mol. The number of para-hydroxylation sites is 1. The predicted molar refractivity (Wildman–Crippen MR) is 100 cm³/mol. The van der Waals surface area contributed by atoms with E-state index in [0.717, 1.165) is 16.5 Å². The minimum Gasteiger partial charge on any atom is -0.452 e. The Morgan fingerprint density at radius 3 is 2.85 bits per heavy atom. The first-order valence-electron chi connectivity index (χ1n) is 8.57. The van der Waals surface area contributed by atoms with E-state index in [2.05, 4.69) is 11.4 Å². The van der Waals surface area contributed by atoms with Crippen molar-refractivity contribution in [2.24, 2.45) is 5.92 Å². The van der Waals surface area contributed by atoms with E-state index in [-0.39, 0.29) is 12.5 Å². The Labute approximate surface area is 153 Å². The van der Waals surface area contributed by atoms with Gasteiger partial charge >= 0.3 is 5.97 Å². The van der Waals surface area contributed by atoms with Gasteiger partial charge in [-0.25, -0.2) is 4.79 Å². The molecule has 0 fully saturated rings. The van der Waals surface area contributed by atoms with Crippen LogP contribution in [0.4, 0.5) is 0 Å². The highest BCUT2D eigenvalue weighted by Gasteiger charge is 2.08. The lowest BCUT2D eigenvalue weighted by Crippen LogP contribution is -2.31. The molecule has 6 heteroatoms. The van der Waals surface area contributed by atoms with Gasteiger partial charge in [0.15, 0.2) is 6.61 Å². The van der Waals surface area contributed by atoms with Crippen molar-refractivity contribution in [1.82, 2.24) is 9.88 Å². The Hall–Kier alpha value is -3.07. The number of rotatable bonds is 8. The summed E-state index contributed by atoms with van der Waals surface area (Å²) in [7, 11) is 0. The van der Waals surface area contributed by atoms with Crippen molar-refractivity contribution >= 4 is 28.9 Å². The van der Waals surface area contributed by atoms with Gasteiger partial charge in [0.05, 0.1) is 12.5 Å². The summed E-state index contributed by atoms with van der Waals surface area (Å²) in [5, 5.41) is 12.5. The number of aromatic nitrogens is 1. The van der Waals surface area contributed by atoms with Crippen molar-refractivity contribution in [3.63, 3.8) is 0 Å². The average Bonchev–Trinajstić information content (AvgIpc) is 2.99. The van der Waals surface area contributed by atoms with Gasteiger partial charge in [0.25, 0.3) is 5.91 Å². The number of hydrogen-bond acceptors (Lipinski definition) is 4. The van der Waals surface area contributed by atoms with E-state index in [4.69, 9.17) is 10.00 Å². The Morgan fingerprint density at radius 2 is 2.12 bits per heavy atom. The quantitative estimate of drug-likeness (QED) is 0.584. The van der Waals surface area contributed by atoms with E-state index >= 15 is 0 Å². The van der Waals surface area contributed by atoms with Gasteiger partial charge in [-0.1, -0.05) is 32.0 Å². The molecule has 1 heterocycles. The topological polar surface area (TPSA) is 84.1 Å². The average molecular weight is 353 g/mol. The van der Waals surface area contributed by atoms with Crippen LogP contribution >= 0.6 is 0 Å². The summed E-state index contributed by atoms with van der Waals surface area (Å²) in [6.07, 6.45) is 5.29. The maximum absolute atomic E-state index is 11.8. The molecule has 26 heavy (non-hydrogen) atoms. The van der Waals surface area contributed by atoms with Crippen LogP contribution in [0.2, 0.25) is 0 Å². The summed E-state index contributed by atoms with van der Waals surface area (Å²) in [5.74, 6) is -0.542. The second-order valence-electron chi connectivity index (χ2n) is 6.34. The summed E-state index contributed by atoms with van der Waals surface area (Å²) in [5.41, 5.74) is 1.86. The molecule has 2 aromatic rings. The van der Waals surface area contributed by atoms with Crippen LogP contribution in [0, 0.1) is 17.2 Å². The van der Waals surface area contributed by atoms with Crippen LogP contribution in [0.3, 0.4) is 0 Å². The standard InChI is InChI=1S/C20H23N3O3/c1-15(2)12-22-19(24)14-26-20(25)9-8-16-13-23(11-5-10-21)18-7-4-3-6-17(16)18/h3-4,6-9,13,15H,5,11-12,14H2,1-2H3,(H,22,24)/b9-8+. The van der Waals surface area contributed by atoms with Gasteiger partial charge in [-0.05, 0) is 18.1 Å². The molecule has 6 nitrogen and oxygen atoms in total. The van der Waals surface area contributed by atoms with E-state index < -0.39 is 5.97 Å². The minimum absolute atomic E-state index is 0.292. The number of nitrogens with zero attached hydrogens (tertiary/aromatic N) is 2. The van der Waals surface area contributed by atoms with Crippen LogP contribution in [-0.4, -0.2) is 29.6 Å². The molecule has 0 saturated heterocycles. The second kappa shape index (κ2) is 9.42. The van der Waals surface area contributed by atoms with Crippen molar-refractivity contribution in [3.05, 3.63) is 42.1 Å². The largest absolute Gasteiger partial charge is 0.452 e.